The fourth-order valence-corrected chi connectivity index (χ4v) is 5.67. The molecule has 1 atom stereocenters. The normalized spacial score (nSPS) is 14.8. The molecule has 1 aliphatic carbocycles. The van der Waals surface area contributed by atoms with Crippen molar-refractivity contribution in [2.45, 2.75) is 50.9 Å². The summed E-state index contributed by atoms with van der Waals surface area (Å²) in [5, 5.41) is 8.79. The molecule has 0 spiro atoms. The molecule has 2 amide bonds. The van der Waals surface area contributed by atoms with Gasteiger partial charge in [0, 0.05) is 23.7 Å². The van der Waals surface area contributed by atoms with Crippen LogP contribution in [-0.4, -0.2) is 37.3 Å². The van der Waals surface area contributed by atoms with E-state index in [1.165, 1.54) is 54.2 Å². The van der Waals surface area contributed by atoms with Gasteiger partial charge >= 0.3 is 6.36 Å². The second kappa shape index (κ2) is 13.6. The average molecular weight is 578 g/mol. The van der Waals surface area contributed by atoms with Crippen LogP contribution in [0.3, 0.4) is 0 Å². The van der Waals surface area contributed by atoms with Crippen molar-refractivity contribution in [1.82, 2.24) is 10.6 Å². The van der Waals surface area contributed by atoms with E-state index in [1.807, 2.05) is 0 Å². The van der Waals surface area contributed by atoms with Crippen molar-refractivity contribution in [1.29, 1.82) is 0 Å². The zero-order valence-electron chi connectivity index (χ0n) is 21.7. The molecule has 6 nitrogen and oxygen atoms in total. The second-order valence-corrected chi connectivity index (χ2v) is 10.8. The quantitative estimate of drug-likeness (QED) is 0.174. The van der Waals surface area contributed by atoms with Crippen LogP contribution in [0.15, 0.2) is 60.7 Å². The molecule has 1 aliphatic rings. The first kappa shape index (κ1) is 29.4. The fraction of sp³-hybridized carbons (Fsp3) is 0.379. The number of hydrogen-bond donors (Lipinski definition) is 3. The van der Waals surface area contributed by atoms with Crippen LogP contribution >= 0.6 is 11.3 Å². The van der Waals surface area contributed by atoms with E-state index in [2.05, 4.69) is 20.7 Å². The summed E-state index contributed by atoms with van der Waals surface area (Å²) >= 11 is 1.23. The number of amides is 2. The van der Waals surface area contributed by atoms with Gasteiger partial charge in [-0.15, -0.1) is 24.5 Å². The van der Waals surface area contributed by atoms with E-state index in [9.17, 15) is 27.2 Å². The van der Waals surface area contributed by atoms with Crippen LogP contribution < -0.4 is 20.7 Å². The van der Waals surface area contributed by atoms with Crippen LogP contribution in [-0.2, 0) is 4.79 Å². The number of ether oxygens (including phenoxy) is 1. The highest BCUT2D eigenvalue weighted by atomic mass is 32.1. The molecule has 11 heteroatoms. The van der Waals surface area contributed by atoms with Gasteiger partial charge in [0.25, 0.3) is 5.91 Å². The number of carbonyl (C=O) groups is 2. The molecule has 0 unspecified atom stereocenters. The fourth-order valence-electron chi connectivity index (χ4n) is 4.76. The van der Waals surface area contributed by atoms with Gasteiger partial charge < -0.3 is 20.7 Å². The van der Waals surface area contributed by atoms with Crippen LogP contribution in [0.1, 0.15) is 48.2 Å². The Bertz CT molecular complexity index is 1270. The number of thiophene rings is 1. The lowest BCUT2D eigenvalue weighted by molar-refractivity contribution is -0.274. The molecule has 1 heterocycles. The van der Waals surface area contributed by atoms with Gasteiger partial charge in [0.1, 0.15) is 17.6 Å². The Kier molecular flexibility index (Phi) is 10.0. The number of carbonyl (C=O) groups excluding carboxylic acids is 2. The van der Waals surface area contributed by atoms with Gasteiger partial charge in [-0.05, 0) is 66.4 Å². The van der Waals surface area contributed by atoms with Crippen molar-refractivity contribution >= 4 is 28.8 Å². The van der Waals surface area contributed by atoms with Crippen LogP contribution in [0.5, 0.6) is 5.75 Å². The van der Waals surface area contributed by atoms with Crippen molar-refractivity contribution in [2.75, 3.05) is 18.4 Å². The van der Waals surface area contributed by atoms with E-state index >= 15 is 0 Å². The summed E-state index contributed by atoms with van der Waals surface area (Å²) in [7, 11) is 0. The average Bonchev–Trinajstić information content (AvgIpc) is 3.42. The summed E-state index contributed by atoms with van der Waals surface area (Å²) in [6.45, 7) is 0.580. The van der Waals surface area contributed by atoms with Gasteiger partial charge in [-0.25, -0.2) is 4.39 Å². The summed E-state index contributed by atoms with van der Waals surface area (Å²) in [5.74, 6) is -0.990. The molecule has 214 valence electrons. The predicted molar refractivity (Wildman–Crippen MR) is 147 cm³/mol. The Labute approximate surface area is 234 Å². The van der Waals surface area contributed by atoms with E-state index in [1.54, 1.807) is 24.3 Å². The summed E-state index contributed by atoms with van der Waals surface area (Å²) in [6, 6.07) is 14.2. The summed E-state index contributed by atoms with van der Waals surface area (Å²) in [4.78, 5) is 27.4. The number of benzene rings is 2. The number of nitrogens with one attached hydrogen (secondary N) is 3. The van der Waals surface area contributed by atoms with Crippen molar-refractivity contribution in [2.24, 2.45) is 5.92 Å². The molecule has 0 radical (unpaired) electrons. The molecule has 3 aromatic rings. The summed E-state index contributed by atoms with van der Waals surface area (Å²) < 4.78 is 54.5. The smallest absolute Gasteiger partial charge is 0.406 e. The van der Waals surface area contributed by atoms with E-state index in [0.717, 1.165) is 30.6 Å². The van der Waals surface area contributed by atoms with Crippen molar-refractivity contribution in [3.63, 3.8) is 0 Å². The first-order valence-electron chi connectivity index (χ1n) is 13.2. The Hall–Kier alpha value is -3.60. The Morgan fingerprint density at radius 1 is 0.975 bits per heavy atom. The third-order valence-corrected chi connectivity index (χ3v) is 7.83. The minimum atomic E-state index is -4.75. The first-order valence-corrected chi connectivity index (χ1v) is 14.0. The summed E-state index contributed by atoms with van der Waals surface area (Å²) in [6.07, 6.45) is 1.18. The van der Waals surface area contributed by atoms with Crippen LogP contribution in [0.25, 0.3) is 10.4 Å². The highest BCUT2D eigenvalue weighted by molar-refractivity contribution is 7.17. The largest absolute Gasteiger partial charge is 0.573 e. The third kappa shape index (κ3) is 8.97. The molecule has 40 heavy (non-hydrogen) atoms. The number of anilines is 1. The third-order valence-electron chi connectivity index (χ3n) is 6.70. The molecule has 2 aromatic carbocycles. The molecule has 1 saturated carbocycles. The first-order chi connectivity index (χ1) is 19.2. The van der Waals surface area contributed by atoms with Crippen LogP contribution in [0.2, 0.25) is 0 Å². The number of hydrogen-bond acceptors (Lipinski definition) is 5. The van der Waals surface area contributed by atoms with E-state index < -0.39 is 12.4 Å². The summed E-state index contributed by atoms with van der Waals surface area (Å²) in [5.41, 5.74) is 1.25. The van der Waals surface area contributed by atoms with Crippen LogP contribution in [0, 0.1) is 11.7 Å². The maximum absolute atomic E-state index is 13.6. The molecule has 1 fully saturated rings. The molecular formula is C29H31F4N3O3S. The topological polar surface area (TPSA) is 79.5 Å². The number of rotatable bonds is 11. The Morgan fingerprint density at radius 2 is 1.73 bits per heavy atom. The minimum Gasteiger partial charge on any atom is -0.406 e. The lowest BCUT2D eigenvalue weighted by atomic mass is 9.84. The van der Waals surface area contributed by atoms with Crippen LogP contribution in [0.4, 0.5) is 23.2 Å². The van der Waals surface area contributed by atoms with Gasteiger partial charge in [-0.3, -0.25) is 9.59 Å². The standard InChI is InChI=1S/C29H31F4N3O3S/c30-21-8-4-7-20(18-21)25-13-14-26(40-25)28(38)36-24(17-19-5-2-1-3-6-19)27(37)35-16-15-34-22-9-11-23(12-10-22)39-29(31,32)33/h4,7-14,18-19,24,34H,1-3,5-6,15-17H2,(H,35,37)(H,36,38)/t24-/m0/s1. The van der Waals surface area contributed by atoms with E-state index in [4.69, 9.17) is 0 Å². The maximum Gasteiger partial charge on any atom is 0.573 e. The van der Waals surface area contributed by atoms with E-state index in [-0.39, 0.29) is 29.9 Å². The molecular weight excluding hydrogens is 546 g/mol. The minimum absolute atomic E-state index is 0.249. The zero-order chi connectivity index (χ0) is 28.5. The molecule has 0 bridgehead atoms. The van der Waals surface area contributed by atoms with Gasteiger partial charge in [0.05, 0.1) is 4.88 Å². The lowest BCUT2D eigenvalue weighted by Crippen LogP contribution is -2.48. The second-order valence-electron chi connectivity index (χ2n) is 9.73. The predicted octanol–water partition coefficient (Wildman–Crippen LogP) is 6.75. The van der Waals surface area contributed by atoms with Gasteiger partial charge in [0.15, 0.2) is 0 Å². The molecule has 0 aliphatic heterocycles. The highest BCUT2D eigenvalue weighted by Crippen LogP contribution is 2.30. The van der Waals surface area contributed by atoms with Gasteiger partial charge in [-0.2, -0.15) is 0 Å². The molecule has 1 aromatic heterocycles. The van der Waals surface area contributed by atoms with E-state index in [0.29, 0.717) is 35.0 Å². The van der Waals surface area contributed by atoms with Crippen molar-refractivity contribution in [3.8, 4) is 16.2 Å². The zero-order valence-corrected chi connectivity index (χ0v) is 22.5. The molecule has 0 saturated heterocycles. The van der Waals surface area contributed by atoms with Gasteiger partial charge in [0.2, 0.25) is 5.91 Å². The molecule has 3 N–H and O–H groups in total. The molecule has 4 rings (SSSR count). The highest BCUT2D eigenvalue weighted by Gasteiger charge is 2.31. The Morgan fingerprint density at radius 3 is 2.42 bits per heavy atom. The monoisotopic (exact) mass is 577 g/mol. The maximum atomic E-state index is 13.6. The Balaban J connectivity index is 1.32. The number of alkyl halides is 3. The lowest BCUT2D eigenvalue weighted by Gasteiger charge is -2.26. The van der Waals surface area contributed by atoms with Crippen molar-refractivity contribution in [3.05, 3.63) is 71.4 Å². The van der Waals surface area contributed by atoms with Crippen molar-refractivity contribution < 1.29 is 31.9 Å². The number of halogens is 4. The van der Waals surface area contributed by atoms with Gasteiger partial charge in [-0.1, -0.05) is 44.2 Å². The SMILES string of the molecule is O=C(N[C@@H](CC1CCCCC1)C(=O)NCCNc1ccc(OC(F)(F)F)cc1)c1ccc(-c2cccc(F)c2)s1.